The van der Waals surface area contributed by atoms with Crippen molar-refractivity contribution in [2.45, 2.75) is 4.90 Å². The number of carbonyl (C=O) groups is 2. The monoisotopic (exact) mass is 321 g/mol. The lowest BCUT2D eigenvalue weighted by molar-refractivity contribution is -0.122. The molecule has 0 aliphatic carbocycles. The van der Waals surface area contributed by atoms with Gasteiger partial charge < -0.3 is 10.6 Å². The van der Waals surface area contributed by atoms with Crippen LogP contribution in [0.25, 0.3) is 0 Å². The molecule has 0 unspecified atom stereocenters. The third-order valence-corrected chi connectivity index (χ3v) is 4.93. The van der Waals surface area contributed by atoms with Crippen LogP contribution in [0.2, 0.25) is 0 Å². The number of rotatable bonds is 4. The number of hydrogen-bond acceptors (Lipinski definition) is 4. The van der Waals surface area contributed by atoms with E-state index in [1.807, 2.05) is 0 Å². The van der Waals surface area contributed by atoms with Gasteiger partial charge in [-0.1, -0.05) is 12.0 Å². The molecule has 0 bridgehead atoms. The summed E-state index contributed by atoms with van der Waals surface area (Å²) in [5.41, 5.74) is 0.192. The van der Waals surface area contributed by atoms with Crippen LogP contribution in [0.15, 0.2) is 29.2 Å². The lowest BCUT2D eigenvalue weighted by Gasteiger charge is -2.26. The average Bonchev–Trinajstić information content (AvgIpc) is 2.52. The topological polar surface area (TPSA) is 95.6 Å². The minimum Gasteiger partial charge on any atom is -0.354 e. The van der Waals surface area contributed by atoms with Crippen LogP contribution in [0.5, 0.6) is 0 Å². The lowest BCUT2D eigenvalue weighted by Crippen LogP contribution is -2.49. The number of amides is 2. The second kappa shape index (κ2) is 6.60. The number of nitrogens with zero attached hydrogens (tertiary/aromatic N) is 1. The third kappa shape index (κ3) is 3.44. The van der Waals surface area contributed by atoms with E-state index in [4.69, 9.17) is 6.42 Å². The Morgan fingerprint density at radius 2 is 2.23 bits per heavy atom. The molecule has 8 heteroatoms. The summed E-state index contributed by atoms with van der Waals surface area (Å²) in [5, 5.41) is 5.03. The average molecular weight is 321 g/mol. The van der Waals surface area contributed by atoms with E-state index < -0.39 is 15.9 Å². The van der Waals surface area contributed by atoms with E-state index >= 15 is 0 Å². The summed E-state index contributed by atoms with van der Waals surface area (Å²) < 4.78 is 26.1. The van der Waals surface area contributed by atoms with Crippen LogP contribution in [0.4, 0.5) is 0 Å². The molecule has 2 N–H and O–H groups in total. The Hall–Kier alpha value is -2.37. The zero-order valence-electron chi connectivity index (χ0n) is 11.7. The van der Waals surface area contributed by atoms with Crippen LogP contribution in [0, 0.1) is 12.3 Å². The molecule has 1 aliphatic rings. The van der Waals surface area contributed by atoms with E-state index in [0.717, 1.165) is 4.31 Å². The quantitative estimate of drug-likeness (QED) is 0.708. The Labute approximate surface area is 128 Å². The number of piperazine rings is 1. The molecule has 1 aromatic carbocycles. The van der Waals surface area contributed by atoms with Crippen LogP contribution >= 0.6 is 0 Å². The van der Waals surface area contributed by atoms with Crippen LogP contribution < -0.4 is 10.6 Å². The van der Waals surface area contributed by atoms with Gasteiger partial charge in [0.15, 0.2) is 0 Å². The van der Waals surface area contributed by atoms with Crippen molar-refractivity contribution in [3.63, 3.8) is 0 Å². The van der Waals surface area contributed by atoms with Gasteiger partial charge in [-0.3, -0.25) is 9.59 Å². The summed E-state index contributed by atoms with van der Waals surface area (Å²) in [5.74, 6) is 1.47. The van der Waals surface area contributed by atoms with Crippen molar-refractivity contribution in [3.8, 4) is 12.3 Å². The largest absolute Gasteiger partial charge is 0.354 e. The highest BCUT2D eigenvalue weighted by Gasteiger charge is 2.29. The van der Waals surface area contributed by atoms with Crippen LogP contribution in [-0.4, -0.2) is 50.7 Å². The molecule has 22 heavy (non-hydrogen) atoms. The van der Waals surface area contributed by atoms with Gasteiger partial charge in [0.1, 0.15) is 0 Å². The molecule has 0 spiro atoms. The Balaban J connectivity index is 2.26. The van der Waals surface area contributed by atoms with E-state index in [0.29, 0.717) is 0 Å². The second-order valence-corrected chi connectivity index (χ2v) is 6.54. The van der Waals surface area contributed by atoms with Crippen LogP contribution in [0.1, 0.15) is 10.4 Å². The number of benzene rings is 1. The number of hydrogen-bond donors (Lipinski definition) is 2. The first-order chi connectivity index (χ1) is 10.4. The van der Waals surface area contributed by atoms with Crippen molar-refractivity contribution < 1.29 is 18.0 Å². The highest BCUT2D eigenvalue weighted by molar-refractivity contribution is 7.89. The molecule has 1 fully saturated rings. The zero-order chi connectivity index (χ0) is 16.2. The normalized spacial score (nSPS) is 15.7. The van der Waals surface area contributed by atoms with Crippen LogP contribution in [-0.2, 0) is 14.8 Å². The van der Waals surface area contributed by atoms with Gasteiger partial charge in [-0.25, -0.2) is 8.42 Å². The molecule has 1 aromatic rings. The molecule has 0 saturated carbocycles. The first kappa shape index (κ1) is 16.0. The van der Waals surface area contributed by atoms with Crippen molar-refractivity contribution in [1.29, 1.82) is 0 Å². The summed E-state index contributed by atoms with van der Waals surface area (Å²) in [6, 6.07) is 5.63. The first-order valence-corrected chi connectivity index (χ1v) is 7.98. The standard InChI is InChI=1S/C14H15N3O4S/c1-2-6-16-14(19)11-4-3-5-12(9-11)22(20,21)17-8-7-15-13(18)10-17/h1,3-5,9H,6-8,10H2,(H,15,18)(H,16,19). The van der Waals surface area contributed by atoms with Gasteiger partial charge in [0.25, 0.3) is 5.91 Å². The molecule has 0 atom stereocenters. The lowest BCUT2D eigenvalue weighted by atomic mass is 10.2. The molecular formula is C14H15N3O4S. The van der Waals surface area contributed by atoms with E-state index in [1.54, 1.807) is 0 Å². The van der Waals surface area contributed by atoms with Crippen molar-refractivity contribution in [3.05, 3.63) is 29.8 Å². The number of terminal acetylenes is 1. The van der Waals surface area contributed by atoms with Gasteiger partial charge in [-0.2, -0.15) is 4.31 Å². The van der Waals surface area contributed by atoms with E-state index in [9.17, 15) is 18.0 Å². The SMILES string of the molecule is C#CCNC(=O)c1cccc(S(=O)(=O)N2CCNC(=O)C2)c1. The number of sulfonamides is 1. The fourth-order valence-corrected chi connectivity index (χ4v) is 3.44. The fourth-order valence-electron chi connectivity index (χ4n) is 2.00. The Morgan fingerprint density at radius 1 is 1.45 bits per heavy atom. The van der Waals surface area contributed by atoms with Crippen molar-refractivity contribution in [1.82, 2.24) is 14.9 Å². The molecule has 1 aliphatic heterocycles. The minimum absolute atomic E-state index is 0.0319. The molecule has 7 nitrogen and oxygen atoms in total. The molecule has 0 aromatic heterocycles. The van der Waals surface area contributed by atoms with E-state index in [2.05, 4.69) is 16.6 Å². The molecule has 2 amide bonds. The highest BCUT2D eigenvalue weighted by atomic mass is 32.2. The van der Waals surface area contributed by atoms with E-state index in [-0.39, 0.29) is 42.5 Å². The fraction of sp³-hybridized carbons (Fsp3) is 0.286. The second-order valence-electron chi connectivity index (χ2n) is 4.60. The van der Waals surface area contributed by atoms with Gasteiger partial charge in [0.2, 0.25) is 15.9 Å². The molecule has 116 valence electrons. The zero-order valence-corrected chi connectivity index (χ0v) is 12.5. The Kier molecular flexibility index (Phi) is 4.80. The molecular weight excluding hydrogens is 306 g/mol. The first-order valence-electron chi connectivity index (χ1n) is 6.53. The Bertz CT molecular complexity index is 737. The van der Waals surface area contributed by atoms with Gasteiger partial charge in [-0.15, -0.1) is 6.42 Å². The maximum absolute atomic E-state index is 12.5. The molecule has 1 heterocycles. The third-order valence-electron chi connectivity index (χ3n) is 3.09. The summed E-state index contributed by atoms with van der Waals surface area (Å²) in [6.07, 6.45) is 5.06. The predicted molar refractivity (Wildman–Crippen MR) is 79.4 cm³/mol. The van der Waals surface area contributed by atoms with E-state index in [1.165, 1.54) is 24.3 Å². The smallest absolute Gasteiger partial charge is 0.252 e. The Morgan fingerprint density at radius 3 is 2.91 bits per heavy atom. The van der Waals surface area contributed by atoms with Crippen molar-refractivity contribution in [2.24, 2.45) is 0 Å². The number of nitrogens with one attached hydrogen (secondary N) is 2. The number of carbonyl (C=O) groups excluding carboxylic acids is 2. The summed E-state index contributed by atoms with van der Waals surface area (Å²) in [4.78, 5) is 23.1. The predicted octanol–water partition coefficient (Wildman–Crippen LogP) is -0.830. The minimum atomic E-state index is -3.82. The molecule has 2 rings (SSSR count). The summed E-state index contributed by atoms with van der Waals surface area (Å²) >= 11 is 0. The van der Waals surface area contributed by atoms with Gasteiger partial charge >= 0.3 is 0 Å². The molecule has 1 saturated heterocycles. The maximum atomic E-state index is 12.5. The van der Waals surface area contributed by atoms with Crippen LogP contribution in [0.3, 0.4) is 0 Å². The van der Waals surface area contributed by atoms with Crippen molar-refractivity contribution in [2.75, 3.05) is 26.2 Å². The maximum Gasteiger partial charge on any atom is 0.252 e. The van der Waals surface area contributed by atoms with Gasteiger partial charge in [0.05, 0.1) is 18.0 Å². The summed E-state index contributed by atoms with van der Waals surface area (Å²) in [6.45, 7) is 0.292. The highest BCUT2D eigenvalue weighted by Crippen LogP contribution is 2.17. The van der Waals surface area contributed by atoms with Crippen molar-refractivity contribution >= 4 is 21.8 Å². The summed E-state index contributed by atoms with van der Waals surface area (Å²) in [7, 11) is -3.82. The van der Waals surface area contributed by atoms with Gasteiger partial charge in [0, 0.05) is 18.7 Å². The molecule has 0 radical (unpaired) electrons. The van der Waals surface area contributed by atoms with Gasteiger partial charge in [-0.05, 0) is 18.2 Å².